The lowest BCUT2D eigenvalue weighted by atomic mass is 10.3. The van der Waals surface area contributed by atoms with E-state index in [1.165, 1.54) is 11.3 Å². The first-order chi connectivity index (χ1) is 14.6. The van der Waals surface area contributed by atoms with Gasteiger partial charge in [-0.15, -0.1) is 0 Å². The highest BCUT2D eigenvalue weighted by molar-refractivity contribution is 7.99. The van der Waals surface area contributed by atoms with Gasteiger partial charge in [0.15, 0.2) is 21.8 Å². The van der Waals surface area contributed by atoms with Crippen LogP contribution >= 0.6 is 23.1 Å². The molecule has 154 valence electrons. The molecular weight excluding hydrogens is 434 g/mol. The summed E-state index contributed by atoms with van der Waals surface area (Å²) >= 11 is 2.26. The van der Waals surface area contributed by atoms with Gasteiger partial charge in [-0.25, -0.2) is 9.97 Å². The lowest BCUT2D eigenvalue weighted by molar-refractivity contribution is -0.113. The number of ether oxygens (including phenoxy) is 2. The number of alkyl halides is 2. The number of nitrogens with one attached hydrogen (secondary N) is 1. The fourth-order valence-electron chi connectivity index (χ4n) is 3.12. The van der Waals surface area contributed by atoms with E-state index >= 15 is 0 Å². The van der Waals surface area contributed by atoms with Crippen LogP contribution < -0.4 is 14.8 Å². The second-order valence-electron chi connectivity index (χ2n) is 6.35. The van der Waals surface area contributed by atoms with E-state index in [-0.39, 0.29) is 16.8 Å². The molecule has 0 saturated carbocycles. The van der Waals surface area contributed by atoms with Gasteiger partial charge in [-0.2, -0.15) is 8.78 Å². The van der Waals surface area contributed by atoms with Crippen LogP contribution in [0.25, 0.3) is 21.3 Å². The molecule has 30 heavy (non-hydrogen) atoms. The Morgan fingerprint density at radius 2 is 1.93 bits per heavy atom. The summed E-state index contributed by atoms with van der Waals surface area (Å²) in [5, 5.41) is 3.22. The van der Waals surface area contributed by atoms with Crippen LogP contribution in [0.5, 0.6) is 11.5 Å². The second-order valence-corrected chi connectivity index (χ2v) is 8.32. The summed E-state index contributed by atoms with van der Waals surface area (Å²) in [6.45, 7) is -1.78. The highest BCUT2D eigenvalue weighted by atomic mass is 32.2. The number of fused-ring (bicyclic) bond motifs is 3. The van der Waals surface area contributed by atoms with Crippen LogP contribution in [0.2, 0.25) is 0 Å². The Bertz CT molecular complexity index is 1210. The largest absolute Gasteiger partial charge is 0.486 e. The zero-order valence-electron chi connectivity index (χ0n) is 15.3. The number of nitrogens with zero attached hydrogens (tertiary/aromatic N) is 3. The lowest BCUT2D eigenvalue weighted by Gasteiger charge is -2.17. The maximum Gasteiger partial charge on any atom is 0.321 e. The molecule has 3 heterocycles. The molecule has 7 nitrogen and oxygen atoms in total. The number of halogens is 2. The minimum Gasteiger partial charge on any atom is -0.486 e. The normalized spacial score (nSPS) is 13.3. The molecule has 0 atom stereocenters. The van der Waals surface area contributed by atoms with E-state index in [1.807, 2.05) is 6.07 Å². The van der Waals surface area contributed by atoms with E-state index in [4.69, 9.17) is 9.47 Å². The standard InChI is InChI=1S/C19H14F2N4O3S2/c20-17(21)25-12-4-2-1-3-10(12)23-19(25)29-9-16(26)24-18-22-11-7-13-14(8-15(11)30-18)28-6-5-27-13/h1-4,7-8,17H,5-6,9H2,(H,22,24,26). The predicted octanol–water partition coefficient (Wildman–Crippen LogP) is 4.54. The highest BCUT2D eigenvalue weighted by Gasteiger charge is 2.20. The molecule has 0 radical (unpaired) electrons. The van der Waals surface area contributed by atoms with Gasteiger partial charge in [0.25, 0.3) is 0 Å². The number of hydrogen-bond donors (Lipinski definition) is 1. The first-order valence-corrected chi connectivity index (χ1v) is 10.8. The predicted molar refractivity (Wildman–Crippen MR) is 111 cm³/mol. The number of rotatable bonds is 5. The Hall–Kier alpha value is -2.92. The van der Waals surface area contributed by atoms with Crippen molar-refractivity contribution in [3.05, 3.63) is 36.4 Å². The SMILES string of the molecule is O=C(CSc1nc2ccccc2n1C(F)F)Nc1nc2cc3c(cc2s1)OCCO3. The van der Waals surface area contributed by atoms with Gasteiger partial charge in [-0.1, -0.05) is 35.2 Å². The molecule has 0 bridgehead atoms. The van der Waals surface area contributed by atoms with Crippen molar-refractivity contribution in [2.45, 2.75) is 11.7 Å². The first-order valence-electron chi connectivity index (χ1n) is 8.96. The van der Waals surface area contributed by atoms with Gasteiger partial charge < -0.3 is 14.8 Å². The molecule has 0 unspecified atom stereocenters. The van der Waals surface area contributed by atoms with Crippen molar-refractivity contribution < 1.29 is 23.0 Å². The quantitative estimate of drug-likeness (QED) is 0.452. The summed E-state index contributed by atoms with van der Waals surface area (Å²) in [6, 6.07) is 10.2. The fraction of sp³-hybridized carbons (Fsp3) is 0.211. The van der Waals surface area contributed by atoms with Gasteiger partial charge in [-0.3, -0.25) is 9.36 Å². The van der Waals surface area contributed by atoms with Crippen LogP contribution in [0.1, 0.15) is 6.55 Å². The van der Waals surface area contributed by atoms with Crippen LogP contribution in [0.4, 0.5) is 13.9 Å². The third-order valence-electron chi connectivity index (χ3n) is 4.39. The Morgan fingerprint density at radius 1 is 1.17 bits per heavy atom. The summed E-state index contributed by atoms with van der Waals surface area (Å²) in [5.74, 6) is 0.841. The van der Waals surface area contributed by atoms with Gasteiger partial charge in [0.1, 0.15) is 13.2 Å². The number of imidazole rings is 1. The summed E-state index contributed by atoms with van der Waals surface area (Å²) in [7, 11) is 0. The number of thioether (sulfide) groups is 1. The Morgan fingerprint density at radius 3 is 2.73 bits per heavy atom. The lowest BCUT2D eigenvalue weighted by Crippen LogP contribution is -2.15. The molecule has 1 aliphatic rings. The zero-order chi connectivity index (χ0) is 20.7. The van der Waals surface area contributed by atoms with E-state index in [2.05, 4.69) is 15.3 Å². The third-order valence-corrected chi connectivity index (χ3v) is 6.28. The van der Waals surface area contributed by atoms with Gasteiger partial charge in [-0.05, 0) is 12.1 Å². The number of amides is 1. The van der Waals surface area contributed by atoms with E-state index in [0.717, 1.165) is 21.0 Å². The van der Waals surface area contributed by atoms with Crippen molar-refractivity contribution in [1.82, 2.24) is 14.5 Å². The Kier molecular flexibility index (Phi) is 4.91. The van der Waals surface area contributed by atoms with Crippen LogP contribution in [0.15, 0.2) is 41.6 Å². The summed E-state index contributed by atoms with van der Waals surface area (Å²) in [5.41, 5.74) is 1.47. The van der Waals surface area contributed by atoms with Crippen molar-refractivity contribution in [1.29, 1.82) is 0 Å². The molecule has 2 aromatic carbocycles. The molecule has 1 N–H and O–H groups in total. The minimum atomic E-state index is -2.75. The van der Waals surface area contributed by atoms with E-state index in [9.17, 15) is 13.6 Å². The van der Waals surface area contributed by atoms with Gasteiger partial charge in [0, 0.05) is 12.1 Å². The Balaban J connectivity index is 1.31. The number of aromatic nitrogens is 3. The molecule has 11 heteroatoms. The van der Waals surface area contributed by atoms with E-state index < -0.39 is 6.55 Å². The van der Waals surface area contributed by atoms with E-state index in [1.54, 1.807) is 30.3 Å². The minimum absolute atomic E-state index is 0.0747. The van der Waals surface area contributed by atoms with Crippen LogP contribution in [-0.2, 0) is 4.79 Å². The number of thiazole rings is 1. The number of anilines is 1. The van der Waals surface area contributed by atoms with Crippen LogP contribution in [0.3, 0.4) is 0 Å². The average molecular weight is 448 g/mol. The molecule has 0 aliphatic carbocycles. The average Bonchev–Trinajstić information content (AvgIpc) is 3.30. The molecular formula is C19H14F2N4O3S2. The summed E-state index contributed by atoms with van der Waals surface area (Å²) in [4.78, 5) is 21.0. The molecule has 5 rings (SSSR count). The first kappa shape index (κ1) is 19.1. The third kappa shape index (κ3) is 3.54. The number of para-hydroxylation sites is 2. The summed E-state index contributed by atoms with van der Waals surface area (Å²) < 4.78 is 39.8. The Labute approximate surface area is 177 Å². The molecule has 0 saturated heterocycles. The van der Waals surface area contributed by atoms with Gasteiger partial charge >= 0.3 is 6.55 Å². The topological polar surface area (TPSA) is 78.3 Å². The zero-order valence-corrected chi connectivity index (χ0v) is 16.9. The highest BCUT2D eigenvalue weighted by Crippen LogP contribution is 2.38. The summed E-state index contributed by atoms with van der Waals surface area (Å²) in [6.07, 6.45) is 0. The van der Waals surface area contributed by atoms with Crippen LogP contribution in [-0.4, -0.2) is 39.4 Å². The van der Waals surface area contributed by atoms with E-state index in [0.29, 0.717) is 46.4 Å². The van der Waals surface area contributed by atoms with Crippen LogP contribution in [0, 0.1) is 0 Å². The molecule has 0 fully saturated rings. The molecule has 2 aromatic heterocycles. The van der Waals surface area contributed by atoms with Crippen molar-refractivity contribution >= 4 is 55.4 Å². The molecule has 1 amide bonds. The van der Waals surface area contributed by atoms with Gasteiger partial charge in [0.2, 0.25) is 5.91 Å². The van der Waals surface area contributed by atoms with Crippen molar-refractivity contribution in [2.24, 2.45) is 0 Å². The molecule has 1 aliphatic heterocycles. The number of carbonyl (C=O) groups excluding carboxylic acids is 1. The number of benzene rings is 2. The maximum absolute atomic E-state index is 13.5. The monoisotopic (exact) mass is 448 g/mol. The second kappa shape index (κ2) is 7.73. The number of hydrogen-bond acceptors (Lipinski definition) is 7. The smallest absolute Gasteiger partial charge is 0.321 e. The van der Waals surface area contributed by atoms with Crippen molar-refractivity contribution in [2.75, 3.05) is 24.3 Å². The van der Waals surface area contributed by atoms with Gasteiger partial charge in [0.05, 0.1) is 27.0 Å². The fourth-order valence-corrected chi connectivity index (χ4v) is 4.82. The van der Waals surface area contributed by atoms with Crippen molar-refractivity contribution in [3.8, 4) is 11.5 Å². The van der Waals surface area contributed by atoms with Crippen molar-refractivity contribution in [3.63, 3.8) is 0 Å². The molecule has 0 spiro atoms. The maximum atomic E-state index is 13.5. The number of carbonyl (C=O) groups is 1. The molecule has 4 aromatic rings.